The Hall–Kier alpha value is -2.14. The molecule has 1 N–H and O–H groups in total. The molecule has 0 radical (unpaired) electrons. The Balaban J connectivity index is 2.10. The molecular weight excluding hydrogens is 254 g/mol. The van der Waals surface area contributed by atoms with Crippen molar-refractivity contribution in [3.05, 3.63) is 48.5 Å². The molecule has 2 aromatic rings. The van der Waals surface area contributed by atoms with E-state index >= 15 is 0 Å². The van der Waals surface area contributed by atoms with Gasteiger partial charge in [-0.1, -0.05) is 12.1 Å². The van der Waals surface area contributed by atoms with E-state index in [1.54, 1.807) is 26.4 Å². The number of carboxylic acids is 1. The van der Waals surface area contributed by atoms with Gasteiger partial charge in [-0.25, -0.2) is 4.98 Å². The van der Waals surface area contributed by atoms with E-state index < -0.39 is 11.5 Å². The van der Waals surface area contributed by atoms with Crippen molar-refractivity contribution in [2.24, 2.45) is 0 Å². The van der Waals surface area contributed by atoms with Gasteiger partial charge in [0.1, 0.15) is 5.54 Å². The monoisotopic (exact) mass is 273 g/mol. The summed E-state index contributed by atoms with van der Waals surface area (Å²) < 4.78 is 1.93. The minimum atomic E-state index is -0.886. The third-order valence-corrected chi connectivity index (χ3v) is 3.64. The van der Waals surface area contributed by atoms with E-state index in [4.69, 9.17) is 0 Å². The van der Waals surface area contributed by atoms with Gasteiger partial charge < -0.3 is 9.67 Å². The molecule has 0 aliphatic rings. The number of likely N-dealkylation sites (N-methyl/N-ethyl adjacent to an activating group) is 1. The van der Waals surface area contributed by atoms with Crippen LogP contribution in [0.4, 0.5) is 0 Å². The van der Waals surface area contributed by atoms with Crippen LogP contribution in [0.15, 0.2) is 43.0 Å². The van der Waals surface area contributed by atoms with E-state index in [1.165, 1.54) is 0 Å². The fourth-order valence-electron chi connectivity index (χ4n) is 1.82. The summed E-state index contributed by atoms with van der Waals surface area (Å²) in [7, 11) is 1.82. The maximum Gasteiger partial charge on any atom is 0.323 e. The Kier molecular flexibility index (Phi) is 3.90. The first-order chi connectivity index (χ1) is 9.41. The number of hydrogen-bond acceptors (Lipinski definition) is 3. The molecule has 106 valence electrons. The van der Waals surface area contributed by atoms with Crippen molar-refractivity contribution in [1.29, 1.82) is 0 Å². The zero-order valence-corrected chi connectivity index (χ0v) is 11.9. The van der Waals surface area contributed by atoms with Gasteiger partial charge >= 0.3 is 5.97 Å². The standard InChI is InChI=1S/C15H19N3O2/c1-15(2,14(19)20)17(3)10-12-4-6-13(7-5-12)18-9-8-16-11-18/h4-9,11H,10H2,1-3H3,(H,19,20). The molecule has 0 saturated heterocycles. The first kappa shape index (κ1) is 14.3. The fourth-order valence-corrected chi connectivity index (χ4v) is 1.82. The number of aromatic nitrogens is 2. The van der Waals surface area contributed by atoms with E-state index in [0.29, 0.717) is 6.54 Å². The largest absolute Gasteiger partial charge is 0.480 e. The van der Waals surface area contributed by atoms with E-state index in [0.717, 1.165) is 11.3 Å². The van der Waals surface area contributed by atoms with Crippen molar-refractivity contribution in [1.82, 2.24) is 14.5 Å². The number of imidazole rings is 1. The summed E-state index contributed by atoms with van der Waals surface area (Å²) in [6.07, 6.45) is 5.36. The summed E-state index contributed by atoms with van der Waals surface area (Å²) in [5.41, 5.74) is 1.22. The van der Waals surface area contributed by atoms with Crippen LogP contribution in [0.25, 0.3) is 5.69 Å². The molecule has 20 heavy (non-hydrogen) atoms. The van der Waals surface area contributed by atoms with Crippen molar-refractivity contribution in [2.75, 3.05) is 7.05 Å². The number of nitrogens with zero attached hydrogens (tertiary/aromatic N) is 3. The van der Waals surface area contributed by atoms with E-state index in [9.17, 15) is 9.90 Å². The van der Waals surface area contributed by atoms with Gasteiger partial charge in [0.25, 0.3) is 0 Å². The lowest BCUT2D eigenvalue weighted by Crippen LogP contribution is -2.47. The summed E-state index contributed by atoms with van der Waals surface area (Å²) >= 11 is 0. The molecule has 0 aliphatic carbocycles. The number of rotatable bonds is 5. The minimum Gasteiger partial charge on any atom is -0.480 e. The zero-order valence-electron chi connectivity index (χ0n) is 11.9. The van der Waals surface area contributed by atoms with Crippen molar-refractivity contribution >= 4 is 5.97 Å². The highest BCUT2D eigenvalue weighted by Crippen LogP contribution is 2.17. The maximum atomic E-state index is 11.2. The fraction of sp³-hybridized carbons (Fsp3) is 0.333. The molecule has 1 heterocycles. The third kappa shape index (κ3) is 2.88. The quantitative estimate of drug-likeness (QED) is 0.907. The second-order valence-corrected chi connectivity index (χ2v) is 5.36. The minimum absolute atomic E-state index is 0.587. The van der Waals surface area contributed by atoms with Crippen LogP contribution >= 0.6 is 0 Å². The molecule has 0 aliphatic heterocycles. The molecule has 0 saturated carbocycles. The molecule has 0 amide bonds. The second-order valence-electron chi connectivity index (χ2n) is 5.36. The second kappa shape index (κ2) is 5.46. The smallest absolute Gasteiger partial charge is 0.323 e. The summed E-state index contributed by atoms with van der Waals surface area (Å²) in [4.78, 5) is 17.0. The summed E-state index contributed by atoms with van der Waals surface area (Å²) in [6, 6.07) is 8.00. The van der Waals surface area contributed by atoms with Gasteiger partial charge in [-0.05, 0) is 38.6 Å². The van der Waals surface area contributed by atoms with Crippen molar-refractivity contribution in [2.45, 2.75) is 25.9 Å². The molecule has 0 bridgehead atoms. The van der Waals surface area contributed by atoms with E-state index in [-0.39, 0.29) is 0 Å². The number of benzene rings is 1. The van der Waals surface area contributed by atoms with Gasteiger partial charge in [-0.3, -0.25) is 9.69 Å². The molecule has 1 aromatic carbocycles. The lowest BCUT2D eigenvalue weighted by Gasteiger charge is -2.31. The molecule has 0 unspecified atom stereocenters. The van der Waals surface area contributed by atoms with Crippen LogP contribution in [0.2, 0.25) is 0 Å². The Bertz CT molecular complexity index is 574. The zero-order chi connectivity index (χ0) is 14.8. The third-order valence-electron chi connectivity index (χ3n) is 3.64. The maximum absolute atomic E-state index is 11.2. The van der Waals surface area contributed by atoms with Crippen LogP contribution in [0.1, 0.15) is 19.4 Å². The predicted molar refractivity (Wildman–Crippen MR) is 76.7 cm³/mol. The van der Waals surface area contributed by atoms with Crippen LogP contribution in [0.5, 0.6) is 0 Å². The molecular formula is C15H19N3O2. The van der Waals surface area contributed by atoms with Gasteiger partial charge in [0.2, 0.25) is 0 Å². The van der Waals surface area contributed by atoms with Crippen LogP contribution in [0, 0.1) is 0 Å². The van der Waals surface area contributed by atoms with Crippen LogP contribution in [0.3, 0.4) is 0 Å². The van der Waals surface area contributed by atoms with Gasteiger partial charge in [0, 0.05) is 24.6 Å². The molecule has 2 rings (SSSR count). The van der Waals surface area contributed by atoms with Crippen LogP contribution in [-0.2, 0) is 11.3 Å². The Morgan fingerprint density at radius 3 is 2.50 bits per heavy atom. The lowest BCUT2D eigenvalue weighted by atomic mass is 10.0. The molecule has 5 nitrogen and oxygen atoms in total. The number of aliphatic carboxylic acids is 1. The molecule has 0 atom stereocenters. The van der Waals surface area contributed by atoms with E-state index in [2.05, 4.69) is 4.98 Å². The topological polar surface area (TPSA) is 58.4 Å². The van der Waals surface area contributed by atoms with Crippen LogP contribution in [-0.4, -0.2) is 38.1 Å². The van der Waals surface area contributed by atoms with Crippen molar-refractivity contribution in [3.63, 3.8) is 0 Å². The first-order valence-corrected chi connectivity index (χ1v) is 6.43. The number of hydrogen-bond donors (Lipinski definition) is 1. The highest BCUT2D eigenvalue weighted by Gasteiger charge is 2.31. The molecule has 1 aromatic heterocycles. The summed E-state index contributed by atoms with van der Waals surface area (Å²) in [6.45, 7) is 3.99. The average Bonchev–Trinajstić information content (AvgIpc) is 2.93. The summed E-state index contributed by atoms with van der Waals surface area (Å²) in [5.74, 6) is -0.824. The Labute approximate surface area is 118 Å². The van der Waals surface area contributed by atoms with Gasteiger partial charge in [0.05, 0.1) is 6.33 Å². The van der Waals surface area contributed by atoms with Gasteiger partial charge in [0.15, 0.2) is 0 Å². The number of carboxylic acid groups (broad SMARTS) is 1. The number of carbonyl (C=O) groups is 1. The van der Waals surface area contributed by atoms with Crippen molar-refractivity contribution in [3.8, 4) is 5.69 Å². The molecule has 0 spiro atoms. The summed E-state index contributed by atoms with van der Waals surface area (Å²) in [5, 5.41) is 9.21. The van der Waals surface area contributed by atoms with Crippen molar-refractivity contribution < 1.29 is 9.90 Å². The molecule has 5 heteroatoms. The Morgan fingerprint density at radius 2 is 2.00 bits per heavy atom. The SMILES string of the molecule is CN(Cc1ccc(-n2ccnc2)cc1)C(C)(C)C(=O)O. The lowest BCUT2D eigenvalue weighted by molar-refractivity contribution is -0.148. The Morgan fingerprint density at radius 1 is 1.35 bits per heavy atom. The molecule has 0 fully saturated rings. The normalized spacial score (nSPS) is 11.8. The first-order valence-electron chi connectivity index (χ1n) is 6.43. The highest BCUT2D eigenvalue weighted by molar-refractivity contribution is 5.77. The van der Waals surface area contributed by atoms with Gasteiger partial charge in [-0.15, -0.1) is 0 Å². The highest BCUT2D eigenvalue weighted by atomic mass is 16.4. The van der Waals surface area contributed by atoms with Crippen LogP contribution < -0.4 is 0 Å². The van der Waals surface area contributed by atoms with Gasteiger partial charge in [-0.2, -0.15) is 0 Å². The average molecular weight is 273 g/mol. The van der Waals surface area contributed by atoms with E-state index in [1.807, 2.05) is 47.0 Å². The predicted octanol–water partition coefficient (Wildman–Crippen LogP) is 2.17.